The minimum atomic E-state index is 0.379. The Morgan fingerprint density at radius 3 is 2.43 bits per heavy atom. The summed E-state index contributed by atoms with van der Waals surface area (Å²) in [7, 11) is 0. The van der Waals surface area contributed by atoms with Crippen LogP contribution in [-0.4, -0.2) is 13.2 Å². The highest BCUT2D eigenvalue weighted by Gasteiger charge is 2.20. The average Bonchev–Trinajstić information content (AvgIpc) is 2.53. The van der Waals surface area contributed by atoms with Crippen LogP contribution in [0, 0.1) is 5.92 Å². The van der Waals surface area contributed by atoms with Gasteiger partial charge in [0, 0.05) is 9.30 Å². The molecule has 2 nitrogen and oxygen atoms in total. The lowest BCUT2D eigenvalue weighted by molar-refractivity contribution is 0.171. The summed E-state index contributed by atoms with van der Waals surface area (Å²) in [5.41, 5.74) is 1.27. The number of alkyl halides is 1. The van der Waals surface area contributed by atoms with Crippen LogP contribution in [0.5, 0.6) is 11.5 Å². The van der Waals surface area contributed by atoms with Crippen LogP contribution in [0.4, 0.5) is 0 Å². The fourth-order valence-electron chi connectivity index (χ4n) is 3.33. The smallest absolute Gasteiger partial charge is 0.162 e. The lowest BCUT2D eigenvalue weighted by Gasteiger charge is -2.24. The van der Waals surface area contributed by atoms with Crippen molar-refractivity contribution in [1.29, 1.82) is 0 Å². The van der Waals surface area contributed by atoms with E-state index >= 15 is 0 Å². The number of halogens is 2. The molecule has 0 amide bonds. The number of fused-ring (bicyclic) bond motifs is 1. The third-order valence-corrected chi connectivity index (χ3v) is 6.19. The number of rotatable bonds is 4. The minimum absolute atomic E-state index is 0.379. The van der Waals surface area contributed by atoms with E-state index in [2.05, 4.69) is 37.9 Å². The summed E-state index contributed by atoms with van der Waals surface area (Å²) in [5, 5.41) is 0. The summed E-state index contributed by atoms with van der Waals surface area (Å²) in [4.78, 5) is 0.379. The molecule has 1 aliphatic carbocycles. The van der Waals surface area contributed by atoms with Crippen molar-refractivity contribution in [2.45, 2.75) is 49.8 Å². The van der Waals surface area contributed by atoms with Gasteiger partial charge in [0.05, 0.1) is 0 Å². The second-order valence-electron chi connectivity index (χ2n) is 6.07. The molecule has 0 bridgehead atoms. The van der Waals surface area contributed by atoms with Crippen LogP contribution in [0.1, 0.15) is 55.3 Å². The highest BCUT2D eigenvalue weighted by molar-refractivity contribution is 9.11. The third kappa shape index (κ3) is 3.95. The van der Waals surface area contributed by atoms with Crippen molar-refractivity contribution in [1.82, 2.24) is 0 Å². The molecule has 1 aromatic rings. The first kappa shape index (κ1) is 15.7. The SMILES string of the molecule is Brc1cc2c(cc1C(Br)CCC1CCCCC1)OCCO2. The Kier molecular flexibility index (Phi) is 5.49. The summed E-state index contributed by atoms with van der Waals surface area (Å²) in [6, 6.07) is 4.16. The Morgan fingerprint density at radius 2 is 1.71 bits per heavy atom. The zero-order chi connectivity index (χ0) is 14.7. The summed E-state index contributed by atoms with van der Waals surface area (Å²) >= 11 is 7.54. The molecule has 0 spiro atoms. The van der Waals surface area contributed by atoms with Crippen LogP contribution < -0.4 is 9.47 Å². The maximum Gasteiger partial charge on any atom is 0.162 e. The van der Waals surface area contributed by atoms with Crippen molar-refractivity contribution in [2.24, 2.45) is 5.92 Å². The predicted octanol–water partition coefficient (Wildman–Crippen LogP) is 6.02. The molecule has 116 valence electrons. The van der Waals surface area contributed by atoms with Gasteiger partial charge in [0.1, 0.15) is 13.2 Å². The van der Waals surface area contributed by atoms with Gasteiger partial charge in [-0.05, 0) is 36.5 Å². The van der Waals surface area contributed by atoms with Gasteiger partial charge in [0.25, 0.3) is 0 Å². The second-order valence-corrected chi connectivity index (χ2v) is 8.03. The summed E-state index contributed by atoms with van der Waals surface area (Å²) in [6.45, 7) is 1.28. The fourth-order valence-corrected chi connectivity index (χ4v) is 4.88. The highest BCUT2D eigenvalue weighted by atomic mass is 79.9. The molecular weight excluding hydrogens is 396 g/mol. The van der Waals surface area contributed by atoms with Crippen LogP contribution >= 0.6 is 31.9 Å². The molecular formula is C17H22Br2O2. The monoisotopic (exact) mass is 416 g/mol. The fraction of sp³-hybridized carbons (Fsp3) is 0.647. The molecule has 1 atom stereocenters. The molecule has 0 aromatic heterocycles. The molecule has 2 aliphatic rings. The molecule has 1 aromatic carbocycles. The van der Waals surface area contributed by atoms with E-state index in [9.17, 15) is 0 Å². The standard InChI is InChI=1S/C17H22Br2O2/c18-14(7-6-12-4-2-1-3-5-12)13-10-16-17(11-15(13)19)21-9-8-20-16/h10-12,14H,1-9H2. The Balaban J connectivity index is 1.64. The molecule has 1 saturated carbocycles. The Morgan fingerprint density at radius 1 is 1.05 bits per heavy atom. The van der Waals surface area contributed by atoms with Crippen molar-refractivity contribution in [2.75, 3.05) is 13.2 Å². The van der Waals surface area contributed by atoms with Crippen LogP contribution in [0.2, 0.25) is 0 Å². The number of ether oxygens (including phenoxy) is 2. The first-order valence-electron chi connectivity index (χ1n) is 7.97. The van der Waals surface area contributed by atoms with Crippen molar-refractivity contribution >= 4 is 31.9 Å². The van der Waals surface area contributed by atoms with E-state index in [0.717, 1.165) is 21.9 Å². The molecule has 1 heterocycles. The summed E-state index contributed by atoms with van der Waals surface area (Å²) < 4.78 is 12.4. The Hall–Kier alpha value is -0.220. The number of benzene rings is 1. The molecule has 0 N–H and O–H groups in total. The van der Waals surface area contributed by atoms with E-state index in [0.29, 0.717) is 18.0 Å². The van der Waals surface area contributed by atoms with Crippen molar-refractivity contribution in [3.8, 4) is 11.5 Å². The van der Waals surface area contributed by atoms with Crippen LogP contribution in [0.3, 0.4) is 0 Å². The predicted molar refractivity (Wildman–Crippen MR) is 92.6 cm³/mol. The van der Waals surface area contributed by atoms with Gasteiger partial charge in [-0.2, -0.15) is 0 Å². The molecule has 1 unspecified atom stereocenters. The van der Waals surface area contributed by atoms with Crippen molar-refractivity contribution < 1.29 is 9.47 Å². The maximum absolute atomic E-state index is 5.70. The summed E-state index contributed by atoms with van der Waals surface area (Å²) in [6.07, 6.45) is 9.61. The van der Waals surface area contributed by atoms with Gasteiger partial charge >= 0.3 is 0 Å². The van der Waals surface area contributed by atoms with Gasteiger partial charge in [-0.1, -0.05) is 64.0 Å². The summed E-state index contributed by atoms with van der Waals surface area (Å²) in [5.74, 6) is 2.65. The van der Waals surface area contributed by atoms with E-state index in [4.69, 9.17) is 9.47 Å². The Bertz CT molecular complexity index is 484. The maximum atomic E-state index is 5.70. The molecule has 21 heavy (non-hydrogen) atoms. The van der Waals surface area contributed by atoms with E-state index < -0.39 is 0 Å². The molecule has 0 radical (unpaired) electrons. The van der Waals surface area contributed by atoms with E-state index in [1.807, 2.05) is 6.07 Å². The molecule has 0 saturated heterocycles. The minimum Gasteiger partial charge on any atom is -0.486 e. The van der Waals surface area contributed by atoms with Gasteiger partial charge in [-0.3, -0.25) is 0 Å². The van der Waals surface area contributed by atoms with Gasteiger partial charge in [0.15, 0.2) is 11.5 Å². The van der Waals surface area contributed by atoms with Gasteiger partial charge in [-0.25, -0.2) is 0 Å². The highest BCUT2D eigenvalue weighted by Crippen LogP contribution is 2.42. The molecule has 3 rings (SSSR count). The quantitative estimate of drug-likeness (QED) is 0.557. The van der Waals surface area contributed by atoms with E-state index in [1.165, 1.54) is 50.5 Å². The van der Waals surface area contributed by atoms with Crippen molar-refractivity contribution in [3.63, 3.8) is 0 Å². The molecule has 1 fully saturated rings. The van der Waals surface area contributed by atoms with E-state index in [-0.39, 0.29) is 0 Å². The normalized spacial score (nSPS) is 20.3. The lowest BCUT2D eigenvalue weighted by Crippen LogP contribution is -2.15. The Labute approximate surface area is 143 Å². The molecule has 4 heteroatoms. The number of hydrogen-bond acceptors (Lipinski definition) is 2. The zero-order valence-corrected chi connectivity index (χ0v) is 15.4. The first-order chi connectivity index (χ1) is 10.2. The van der Waals surface area contributed by atoms with Crippen LogP contribution in [0.15, 0.2) is 16.6 Å². The molecule has 1 aliphatic heterocycles. The van der Waals surface area contributed by atoms with Crippen molar-refractivity contribution in [3.05, 3.63) is 22.2 Å². The topological polar surface area (TPSA) is 18.5 Å². The third-order valence-electron chi connectivity index (χ3n) is 4.55. The second kappa shape index (κ2) is 7.36. The number of hydrogen-bond donors (Lipinski definition) is 0. The van der Waals surface area contributed by atoms with Gasteiger partial charge in [-0.15, -0.1) is 0 Å². The lowest BCUT2D eigenvalue weighted by atomic mass is 9.85. The average molecular weight is 418 g/mol. The van der Waals surface area contributed by atoms with Crippen LogP contribution in [0.25, 0.3) is 0 Å². The van der Waals surface area contributed by atoms with E-state index in [1.54, 1.807) is 0 Å². The van der Waals surface area contributed by atoms with Gasteiger partial charge in [0.2, 0.25) is 0 Å². The largest absolute Gasteiger partial charge is 0.486 e. The van der Waals surface area contributed by atoms with Gasteiger partial charge < -0.3 is 9.47 Å². The first-order valence-corrected chi connectivity index (χ1v) is 9.68. The zero-order valence-electron chi connectivity index (χ0n) is 12.2. The van der Waals surface area contributed by atoms with Crippen LogP contribution in [-0.2, 0) is 0 Å².